The molecule has 1 aromatic rings. The standard InChI is InChI=1S/C15H20O8/c16-7-10-12(19)13(20)14(21)15(23-10)22-9-4-2-1-3-8(9)5-6-11(17)18/h1-4,10,12-16,19-21H,5-7H2,(H,17,18)/t10-,12-,13+,14-,15+/m1/s1. The molecule has 0 aromatic heterocycles. The summed E-state index contributed by atoms with van der Waals surface area (Å²) in [6.07, 6.45) is -6.73. The Bertz CT molecular complexity index is 532. The van der Waals surface area contributed by atoms with Crippen LogP contribution >= 0.6 is 0 Å². The maximum atomic E-state index is 10.7. The molecule has 128 valence electrons. The summed E-state index contributed by atoms with van der Waals surface area (Å²) in [6.45, 7) is -0.550. The van der Waals surface area contributed by atoms with Crippen molar-refractivity contribution in [3.05, 3.63) is 29.8 Å². The van der Waals surface area contributed by atoms with Gasteiger partial charge < -0.3 is 35.0 Å². The first-order valence-electron chi connectivity index (χ1n) is 7.21. The summed E-state index contributed by atoms with van der Waals surface area (Å²) in [4.78, 5) is 10.7. The van der Waals surface area contributed by atoms with Crippen LogP contribution in [0.3, 0.4) is 0 Å². The maximum Gasteiger partial charge on any atom is 0.303 e. The third-order valence-electron chi connectivity index (χ3n) is 3.67. The largest absolute Gasteiger partial charge is 0.481 e. The second-order valence-corrected chi connectivity index (χ2v) is 5.32. The fraction of sp³-hybridized carbons (Fsp3) is 0.533. The van der Waals surface area contributed by atoms with Crippen LogP contribution in [0.15, 0.2) is 24.3 Å². The van der Waals surface area contributed by atoms with Gasteiger partial charge in [-0.1, -0.05) is 18.2 Å². The third kappa shape index (κ3) is 4.18. The highest BCUT2D eigenvalue weighted by Gasteiger charge is 2.44. The Hall–Kier alpha value is -1.71. The number of aliphatic carboxylic acids is 1. The van der Waals surface area contributed by atoms with E-state index < -0.39 is 43.3 Å². The number of para-hydroxylation sites is 1. The van der Waals surface area contributed by atoms with E-state index in [1.807, 2.05) is 0 Å². The predicted octanol–water partition coefficient (Wildman–Crippen LogP) is -1.12. The van der Waals surface area contributed by atoms with Crippen LogP contribution < -0.4 is 4.74 Å². The van der Waals surface area contributed by atoms with E-state index >= 15 is 0 Å². The smallest absolute Gasteiger partial charge is 0.303 e. The summed E-state index contributed by atoms with van der Waals surface area (Å²) in [6, 6.07) is 6.65. The summed E-state index contributed by atoms with van der Waals surface area (Å²) in [5, 5.41) is 47.3. The van der Waals surface area contributed by atoms with E-state index in [0.29, 0.717) is 11.3 Å². The van der Waals surface area contributed by atoms with Crippen molar-refractivity contribution in [3.63, 3.8) is 0 Å². The molecule has 0 radical (unpaired) electrons. The van der Waals surface area contributed by atoms with Gasteiger partial charge in [0, 0.05) is 6.42 Å². The number of aliphatic hydroxyl groups is 4. The average Bonchev–Trinajstić information content (AvgIpc) is 2.54. The summed E-state index contributed by atoms with van der Waals surface area (Å²) >= 11 is 0. The Morgan fingerprint density at radius 1 is 1.13 bits per heavy atom. The monoisotopic (exact) mass is 328 g/mol. The van der Waals surface area contributed by atoms with Crippen LogP contribution in [0.1, 0.15) is 12.0 Å². The molecule has 8 nitrogen and oxygen atoms in total. The number of hydrogen-bond donors (Lipinski definition) is 5. The second-order valence-electron chi connectivity index (χ2n) is 5.32. The maximum absolute atomic E-state index is 10.7. The Morgan fingerprint density at radius 2 is 1.83 bits per heavy atom. The lowest BCUT2D eigenvalue weighted by molar-refractivity contribution is -0.277. The molecule has 1 aromatic carbocycles. The van der Waals surface area contributed by atoms with Crippen LogP contribution in [0.4, 0.5) is 0 Å². The van der Waals surface area contributed by atoms with E-state index in [9.17, 15) is 20.1 Å². The number of ether oxygens (including phenoxy) is 2. The van der Waals surface area contributed by atoms with Gasteiger partial charge >= 0.3 is 5.97 Å². The summed E-state index contributed by atoms with van der Waals surface area (Å²) < 4.78 is 10.8. The van der Waals surface area contributed by atoms with E-state index in [2.05, 4.69) is 0 Å². The molecule has 0 spiro atoms. The zero-order valence-corrected chi connectivity index (χ0v) is 12.3. The fourth-order valence-electron chi connectivity index (χ4n) is 2.36. The van der Waals surface area contributed by atoms with Crippen molar-refractivity contribution in [2.75, 3.05) is 6.61 Å². The second kappa shape index (κ2) is 7.71. The molecular weight excluding hydrogens is 308 g/mol. The minimum atomic E-state index is -1.53. The molecular formula is C15H20O8. The molecule has 23 heavy (non-hydrogen) atoms. The van der Waals surface area contributed by atoms with Gasteiger partial charge in [0.15, 0.2) is 0 Å². The van der Waals surface area contributed by atoms with E-state index in [0.717, 1.165) is 0 Å². The summed E-state index contributed by atoms with van der Waals surface area (Å²) in [5.41, 5.74) is 0.604. The Morgan fingerprint density at radius 3 is 2.48 bits per heavy atom. The van der Waals surface area contributed by atoms with Gasteiger partial charge in [0.2, 0.25) is 6.29 Å². The molecule has 2 rings (SSSR count). The minimum Gasteiger partial charge on any atom is -0.481 e. The van der Waals surface area contributed by atoms with Crippen molar-refractivity contribution in [3.8, 4) is 5.75 Å². The van der Waals surface area contributed by atoms with Crippen LogP contribution in [-0.2, 0) is 16.0 Å². The Labute approximate surface area is 132 Å². The lowest BCUT2D eigenvalue weighted by Gasteiger charge is -2.39. The van der Waals surface area contributed by atoms with Crippen LogP contribution in [-0.4, -0.2) is 68.8 Å². The van der Waals surface area contributed by atoms with Gasteiger partial charge in [-0.15, -0.1) is 0 Å². The molecule has 0 saturated carbocycles. The molecule has 1 saturated heterocycles. The Kier molecular flexibility index (Phi) is 5.91. The fourth-order valence-corrected chi connectivity index (χ4v) is 2.36. The SMILES string of the molecule is O=C(O)CCc1ccccc1O[C@H]1O[C@H](CO)[C@@H](O)[C@H](O)[C@H]1O. The highest BCUT2D eigenvalue weighted by Crippen LogP contribution is 2.27. The highest BCUT2D eigenvalue weighted by atomic mass is 16.7. The Balaban J connectivity index is 2.13. The minimum absolute atomic E-state index is 0.0882. The van der Waals surface area contributed by atoms with Crippen LogP contribution in [0.2, 0.25) is 0 Å². The van der Waals surface area contributed by atoms with Crippen LogP contribution in [0, 0.1) is 0 Å². The predicted molar refractivity (Wildman–Crippen MR) is 76.8 cm³/mol. The molecule has 1 heterocycles. The zero-order valence-electron chi connectivity index (χ0n) is 12.3. The molecule has 1 fully saturated rings. The highest BCUT2D eigenvalue weighted by molar-refractivity contribution is 5.67. The van der Waals surface area contributed by atoms with Gasteiger partial charge in [-0.05, 0) is 18.1 Å². The van der Waals surface area contributed by atoms with Crippen molar-refractivity contribution in [1.29, 1.82) is 0 Å². The number of benzene rings is 1. The topological polar surface area (TPSA) is 137 Å². The van der Waals surface area contributed by atoms with Gasteiger partial charge in [-0.3, -0.25) is 4.79 Å². The van der Waals surface area contributed by atoms with Crippen molar-refractivity contribution in [2.24, 2.45) is 0 Å². The third-order valence-corrected chi connectivity index (χ3v) is 3.67. The zero-order chi connectivity index (χ0) is 17.0. The molecule has 1 aliphatic rings. The quantitative estimate of drug-likeness (QED) is 0.443. The first-order valence-corrected chi connectivity index (χ1v) is 7.21. The van der Waals surface area contributed by atoms with E-state index in [4.69, 9.17) is 19.7 Å². The van der Waals surface area contributed by atoms with E-state index in [-0.39, 0.29) is 12.8 Å². The molecule has 1 aliphatic heterocycles. The number of hydrogen-bond acceptors (Lipinski definition) is 7. The van der Waals surface area contributed by atoms with Crippen LogP contribution in [0.5, 0.6) is 5.75 Å². The molecule has 8 heteroatoms. The van der Waals surface area contributed by atoms with Crippen molar-refractivity contribution >= 4 is 5.97 Å². The molecule has 0 aliphatic carbocycles. The van der Waals surface area contributed by atoms with E-state index in [1.54, 1.807) is 24.3 Å². The number of carboxylic acids is 1. The van der Waals surface area contributed by atoms with Gasteiger partial charge in [-0.2, -0.15) is 0 Å². The molecule has 5 atom stereocenters. The lowest BCUT2D eigenvalue weighted by atomic mass is 9.99. The summed E-state index contributed by atoms with van der Waals surface area (Å²) in [5.74, 6) is -0.647. The van der Waals surface area contributed by atoms with Crippen molar-refractivity contribution < 1.29 is 39.8 Å². The first-order chi connectivity index (χ1) is 10.9. The van der Waals surface area contributed by atoms with Crippen molar-refractivity contribution in [2.45, 2.75) is 43.5 Å². The summed E-state index contributed by atoms with van der Waals surface area (Å²) in [7, 11) is 0. The number of aliphatic hydroxyl groups excluding tert-OH is 4. The van der Waals surface area contributed by atoms with Gasteiger partial charge in [-0.25, -0.2) is 0 Å². The van der Waals surface area contributed by atoms with Gasteiger partial charge in [0.05, 0.1) is 6.61 Å². The van der Waals surface area contributed by atoms with Gasteiger partial charge in [0.1, 0.15) is 30.2 Å². The number of carboxylic acid groups (broad SMARTS) is 1. The first kappa shape index (κ1) is 17.6. The molecule has 0 amide bonds. The average molecular weight is 328 g/mol. The lowest BCUT2D eigenvalue weighted by Crippen LogP contribution is -2.60. The molecule has 5 N–H and O–H groups in total. The number of carbonyl (C=O) groups is 1. The molecule has 0 bridgehead atoms. The van der Waals surface area contributed by atoms with Crippen LogP contribution in [0.25, 0.3) is 0 Å². The van der Waals surface area contributed by atoms with E-state index in [1.165, 1.54) is 0 Å². The number of aryl methyl sites for hydroxylation is 1. The normalized spacial score (nSPS) is 30.9. The van der Waals surface area contributed by atoms with Crippen molar-refractivity contribution in [1.82, 2.24) is 0 Å². The number of rotatable bonds is 6. The van der Waals surface area contributed by atoms with Gasteiger partial charge in [0.25, 0.3) is 0 Å². The molecule has 0 unspecified atom stereocenters.